The Morgan fingerprint density at radius 3 is 1.80 bits per heavy atom. The lowest BCUT2D eigenvalue weighted by Gasteiger charge is -2.18. The minimum atomic E-state index is -5.54. The maximum atomic E-state index is 12.5. The van der Waals surface area contributed by atoms with Crippen LogP contribution in [0.2, 0.25) is 0 Å². The van der Waals surface area contributed by atoms with Crippen molar-refractivity contribution in [2.24, 2.45) is 0 Å². The van der Waals surface area contributed by atoms with Crippen LogP contribution in [0.5, 0.6) is 0 Å². The van der Waals surface area contributed by atoms with E-state index < -0.39 is 23.2 Å². The van der Waals surface area contributed by atoms with Crippen molar-refractivity contribution in [2.75, 3.05) is 0 Å². The van der Waals surface area contributed by atoms with Gasteiger partial charge in [-0.25, -0.2) is 0 Å². The number of benzene rings is 1. The summed E-state index contributed by atoms with van der Waals surface area (Å²) in [5.41, 5.74) is 0. The first-order valence-corrected chi connectivity index (χ1v) is 5.22. The van der Waals surface area contributed by atoms with Gasteiger partial charge in [0.2, 0.25) is 0 Å². The molecule has 1 aromatic carbocycles. The molecule has 7 heteroatoms. The third-order valence-corrected chi connectivity index (χ3v) is 2.91. The molecule has 0 fully saturated rings. The molecule has 0 saturated carbocycles. The molecule has 1 rings (SSSR count). The lowest BCUT2D eigenvalue weighted by Crippen LogP contribution is -2.32. The SMILES string of the molecule is FC(F)(F)C(F)(F)Sc1ccc(Br)cc1. The Morgan fingerprint density at radius 2 is 1.40 bits per heavy atom. The van der Waals surface area contributed by atoms with Crippen LogP contribution >= 0.6 is 27.7 Å². The molecule has 0 aromatic heterocycles. The zero-order chi connectivity index (χ0) is 11.7. The van der Waals surface area contributed by atoms with Gasteiger partial charge in [-0.15, -0.1) is 0 Å². The third-order valence-electron chi connectivity index (χ3n) is 1.39. The van der Waals surface area contributed by atoms with Crippen LogP contribution in [0.1, 0.15) is 0 Å². The Labute approximate surface area is 95.0 Å². The number of thioether (sulfide) groups is 1. The predicted molar refractivity (Wildman–Crippen MR) is 51.0 cm³/mol. The molecule has 15 heavy (non-hydrogen) atoms. The van der Waals surface area contributed by atoms with Crippen molar-refractivity contribution in [1.29, 1.82) is 0 Å². The number of alkyl halides is 5. The molecule has 0 amide bonds. The summed E-state index contributed by atoms with van der Waals surface area (Å²) < 4.78 is 61.2. The first-order chi connectivity index (χ1) is 6.72. The highest BCUT2D eigenvalue weighted by atomic mass is 79.9. The molecule has 0 aliphatic rings. The average molecular weight is 307 g/mol. The molecule has 0 nitrogen and oxygen atoms in total. The zero-order valence-corrected chi connectivity index (χ0v) is 9.39. The quantitative estimate of drug-likeness (QED) is 0.564. The lowest BCUT2D eigenvalue weighted by molar-refractivity contribution is -0.237. The van der Waals surface area contributed by atoms with Gasteiger partial charge < -0.3 is 0 Å². The van der Waals surface area contributed by atoms with E-state index in [4.69, 9.17) is 0 Å². The van der Waals surface area contributed by atoms with Crippen molar-refractivity contribution < 1.29 is 22.0 Å². The number of rotatable bonds is 2. The fraction of sp³-hybridized carbons (Fsp3) is 0.250. The van der Waals surface area contributed by atoms with Crippen LogP contribution in [-0.2, 0) is 0 Å². The molecule has 0 aliphatic heterocycles. The van der Waals surface area contributed by atoms with Gasteiger partial charge in [-0.05, 0) is 36.0 Å². The molecule has 0 aliphatic carbocycles. The Kier molecular flexibility index (Phi) is 3.65. The number of hydrogen-bond donors (Lipinski definition) is 0. The summed E-state index contributed by atoms with van der Waals surface area (Å²) in [6.07, 6.45) is -5.54. The minimum absolute atomic E-state index is 0.138. The largest absolute Gasteiger partial charge is 0.464 e. The highest BCUT2D eigenvalue weighted by Crippen LogP contribution is 2.47. The Balaban J connectivity index is 2.82. The molecule has 1 aromatic rings. The summed E-state index contributed by atoms with van der Waals surface area (Å²) in [4.78, 5) is -0.138. The van der Waals surface area contributed by atoms with Gasteiger partial charge in [-0.3, -0.25) is 0 Å². The molecular formula is C8H4BrF5S. The van der Waals surface area contributed by atoms with Crippen LogP contribution in [0.4, 0.5) is 22.0 Å². The molecule has 0 heterocycles. The van der Waals surface area contributed by atoms with Gasteiger partial charge in [-0.2, -0.15) is 22.0 Å². The summed E-state index contributed by atoms with van der Waals surface area (Å²) >= 11 is 2.53. The van der Waals surface area contributed by atoms with Gasteiger partial charge in [0.05, 0.1) is 0 Å². The van der Waals surface area contributed by atoms with Crippen molar-refractivity contribution in [3.05, 3.63) is 28.7 Å². The standard InChI is InChI=1S/C8H4BrF5S/c9-5-1-3-6(4-2-5)15-8(13,14)7(10,11)12/h1-4H. The first kappa shape index (κ1) is 12.8. The second-order valence-electron chi connectivity index (χ2n) is 2.57. The van der Waals surface area contributed by atoms with Crippen LogP contribution in [-0.4, -0.2) is 11.4 Å². The maximum absolute atomic E-state index is 12.5. The van der Waals surface area contributed by atoms with E-state index in [9.17, 15) is 22.0 Å². The minimum Gasteiger partial charge on any atom is -0.183 e. The van der Waals surface area contributed by atoms with E-state index in [-0.39, 0.29) is 4.90 Å². The molecule has 0 bridgehead atoms. The number of hydrogen-bond acceptors (Lipinski definition) is 1. The third kappa shape index (κ3) is 3.34. The van der Waals surface area contributed by atoms with Crippen LogP contribution in [0.3, 0.4) is 0 Å². The number of halogens is 6. The van der Waals surface area contributed by atoms with Gasteiger partial charge in [0, 0.05) is 9.37 Å². The highest BCUT2D eigenvalue weighted by molar-refractivity contribution is 9.10. The fourth-order valence-corrected chi connectivity index (χ4v) is 1.66. The summed E-state index contributed by atoms with van der Waals surface area (Å²) in [5, 5.41) is -4.76. The molecule has 0 N–H and O–H groups in total. The van der Waals surface area contributed by atoms with Crippen molar-refractivity contribution in [2.45, 2.75) is 16.3 Å². The summed E-state index contributed by atoms with van der Waals surface area (Å²) in [6, 6.07) is 5.17. The van der Waals surface area contributed by atoms with Crippen molar-refractivity contribution in [3.8, 4) is 0 Å². The normalized spacial score (nSPS) is 12.9. The zero-order valence-electron chi connectivity index (χ0n) is 6.99. The molecule has 84 valence electrons. The lowest BCUT2D eigenvalue weighted by atomic mass is 10.4. The Hall–Kier alpha value is -0.300. The monoisotopic (exact) mass is 306 g/mol. The molecule has 0 spiro atoms. The second-order valence-corrected chi connectivity index (χ2v) is 4.67. The molecule has 0 radical (unpaired) electrons. The van der Waals surface area contributed by atoms with Gasteiger partial charge in [0.1, 0.15) is 0 Å². The van der Waals surface area contributed by atoms with Gasteiger partial charge in [0.15, 0.2) is 0 Å². The van der Waals surface area contributed by atoms with Crippen LogP contribution in [0.15, 0.2) is 33.6 Å². The van der Waals surface area contributed by atoms with Gasteiger partial charge >= 0.3 is 11.4 Å². The Morgan fingerprint density at radius 1 is 0.933 bits per heavy atom. The molecule has 0 unspecified atom stereocenters. The maximum Gasteiger partial charge on any atom is 0.464 e. The molecule has 0 atom stereocenters. The first-order valence-electron chi connectivity index (χ1n) is 3.61. The van der Waals surface area contributed by atoms with Crippen molar-refractivity contribution in [3.63, 3.8) is 0 Å². The summed E-state index contributed by atoms with van der Waals surface area (Å²) in [6.45, 7) is 0. The van der Waals surface area contributed by atoms with Gasteiger partial charge in [0.25, 0.3) is 0 Å². The topological polar surface area (TPSA) is 0 Å². The fourth-order valence-electron chi connectivity index (χ4n) is 0.709. The van der Waals surface area contributed by atoms with E-state index in [1.165, 1.54) is 24.3 Å². The van der Waals surface area contributed by atoms with Crippen LogP contribution in [0.25, 0.3) is 0 Å². The van der Waals surface area contributed by atoms with E-state index in [1.54, 1.807) is 0 Å². The van der Waals surface area contributed by atoms with E-state index in [0.717, 1.165) is 0 Å². The van der Waals surface area contributed by atoms with Crippen LogP contribution in [0, 0.1) is 0 Å². The smallest absolute Gasteiger partial charge is 0.183 e. The van der Waals surface area contributed by atoms with Crippen molar-refractivity contribution in [1.82, 2.24) is 0 Å². The molecular weight excluding hydrogens is 303 g/mol. The Bertz CT molecular complexity index is 332. The predicted octanol–water partition coefficient (Wildman–Crippen LogP) is 4.70. The average Bonchev–Trinajstić information content (AvgIpc) is 2.06. The van der Waals surface area contributed by atoms with Gasteiger partial charge in [-0.1, -0.05) is 15.9 Å². The van der Waals surface area contributed by atoms with E-state index in [1.807, 2.05) is 0 Å². The highest BCUT2D eigenvalue weighted by Gasteiger charge is 2.58. The van der Waals surface area contributed by atoms with E-state index in [0.29, 0.717) is 4.47 Å². The van der Waals surface area contributed by atoms with Crippen LogP contribution < -0.4 is 0 Å². The molecule has 0 saturated heterocycles. The van der Waals surface area contributed by atoms with E-state index >= 15 is 0 Å². The second kappa shape index (κ2) is 4.29. The van der Waals surface area contributed by atoms with E-state index in [2.05, 4.69) is 15.9 Å². The summed E-state index contributed by atoms with van der Waals surface area (Å²) in [7, 11) is 0. The summed E-state index contributed by atoms with van der Waals surface area (Å²) in [5.74, 6) is 0. The van der Waals surface area contributed by atoms with Crippen molar-refractivity contribution >= 4 is 27.7 Å².